The van der Waals surface area contributed by atoms with Crippen LogP contribution in [0.5, 0.6) is 0 Å². The lowest BCUT2D eigenvalue weighted by Gasteiger charge is -2.12. The van der Waals surface area contributed by atoms with Crippen LogP contribution in [0.3, 0.4) is 0 Å². The lowest BCUT2D eigenvalue weighted by molar-refractivity contribution is 0.128. The molecule has 0 aliphatic rings. The Hall–Kier alpha value is 0.0600. The van der Waals surface area contributed by atoms with Crippen molar-refractivity contribution in [3.05, 3.63) is 33.4 Å². The molecule has 1 aromatic carbocycles. The third-order valence-corrected chi connectivity index (χ3v) is 2.72. The highest BCUT2D eigenvalue weighted by Crippen LogP contribution is 2.22. The van der Waals surface area contributed by atoms with E-state index < -0.39 is 12.5 Å². The molecule has 1 rings (SSSR count). The zero-order valence-corrected chi connectivity index (χ0v) is 10.3. The molecule has 0 bridgehead atoms. The second-order valence-electron chi connectivity index (χ2n) is 2.75. The maximum atomic E-state index is 12.0. The maximum absolute atomic E-state index is 12.0. The molecule has 2 N–H and O–H groups in total. The van der Waals surface area contributed by atoms with Gasteiger partial charge in [0.1, 0.15) is 0 Å². The average molecular weight is 334 g/mol. The van der Waals surface area contributed by atoms with Gasteiger partial charge in [-0.05, 0) is 34.2 Å². The molecular formula is C9H11ClF2IN. The van der Waals surface area contributed by atoms with Crippen LogP contribution in [0.2, 0.25) is 0 Å². The Morgan fingerprint density at radius 1 is 1.29 bits per heavy atom. The van der Waals surface area contributed by atoms with Gasteiger partial charge in [0.2, 0.25) is 6.43 Å². The van der Waals surface area contributed by atoms with Gasteiger partial charge in [-0.1, -0.05) is 18.2 Å². The van der Waals surface area contributed by atoms with Crippen LogP contribution < -0.4 is 5.73 Å². The minimum absolute atomic E-state index is 0. The summed E-state index contributed by atoms with van der Waals surface area (Å²) in [4.78, 5) is 0. The summed E-state index contributed by atoms with van der Waals surface area (Å²) in [5.41, 5.74) is 6.41. The first-order valence-electron chi connectivity index (χ1n) is 3.89. The van der Waals surface area contributed by atoms with Gasteiger partial charge in [-0.25, -0.2) is 8.78 Å². The molecule has 5 heteroatoms. The van der Waals surface area contributed by atoms with E-state index in [0.29, 0.717) is 0 Å². The van der Waals surface area contributed by atoms with Crippen LogP contribution >= 0.6 is 35.0 Å². The first kappa shape index (κ1) is 14.1. The molecule has 0 saturated heterocycles. The Balaban J connectivity index is 0.00000169. The molecular weight excluding hydrogens is 322 g/mol. The fourth-order valence-electron chi connectivity index (χ4n) is 1.09. The van der Waals surface area contributed by atoms with E-state index in [0.717, 1.165) is 9.13 Å². The highest BCUT2D eigenvalue weighted by molar-refractivity contribution is 14.1. The first-order chi connectivity index (χ1) is 6.11. The molecule has 0 heterocycles. The third kappa shape index (κ3) is 4.06. The van der Waals surface area contributed by atoms with Gasteiger partial charge in [-0.2, -0.15) is 0 Å². The van der Waals surface area contributed by atoms with E-state index in [4.69, 9.17) is 5.73 Å². The van der Waals surface area contributed by atoms with Crippen LogP contribution in [0.4, 0.5) is 8.78 Å². The predicted octanol–water partition coefficient (Wildman–Crippen LogP) is 3.37. The van der Waals surface area contributed by atoms with Crippen molar-refractivity contribution in [1.82, 2.24) is 0 Å². The molecule has 0 amide bonds. The van der Waals surface area contributed by atoms with Crippen LogP contribution in [0.25, 0.3) is 0 Å². The molecule has 0 aliphatic carbocycles. The monoisotopic (exact) mass is 333 g/mol. The molecule has 1 aromatic rings. The first-order valence-corrected chi connectivity index (χ1v) is 4.97. The molecule has 1 atom stereocenters. The molecule has 0 fully saturated rings. The highest BCUT2D eigenvalue weighted by Gasteiger charge is 2.14. The van der Waals surface area contributed by atoms with Crippen LogP contribution in [0, 0.1) is 3.57 Å². The normalized spacial score (nSPS) is 12.4. The van der Waals surface area contributed by atoms with Crippen molar-refractivity contribution in [2.75, 3.05) is 0 Å². The molecule has 0 aromatic heterocycles. The summed E-state index contributed by atoms with van der Waals surface area (Å²) in [5, 5.41) is 0. The van der Waals surface area contributed by atoms with Gasteiger partial charge in [0.25, 0.3) is 0 Å². The quantitative estimate of drug-likeness (QED) is 0.843. The van der Waals surface area contributed by atoms with E-state index in [2.05, 4.69) is 22.6 Å². The summed E-state index contributed by atoms with van der Waals surface area (Å²) in [5.74, 6) is 0. The standard InChI is InChI=1S/C9H10F2IN.ClH/c10-9(11)5-8(13)6-3-1-2-4-7(6)12;/h1-4,8-9H,5,13H2;1H/t8-;/m0./s1. The van der Waals surface area contributed by atoms with E-state index >= 15 is 0 Å². The molecule has 0 aliphatic heterocycles. The number of hydrogen-bond donors (Lipinski definition) is 1. The van der Waals surface area contributed by atoms with Gasteiger partial charge in [0.05, 0.1) is 0 Å². The van der Waals surface area contributed by atoms with Crippen LogP contribution in [-0.4, -0.2) is 6.43 Å². The van der Waals surface area contributed by atoms with E-state index in [9.17, 15) is 8.78 Å². The molecule has 0 spiro atoms. The van der Waals surface area contributed by atoms with Crippen molar-refractivity contribution < 1.29 is 8.78 Å². The largest absolute Gasteiger partial charge is 0.324 e. The van der Waals surface area contributed by atoms with E-state index in [-0.39, 0.29) is 18.8 Å². The third-order valence-electron chi connectivity index (χ3n) is 1.74. The summed E-state index contributed by atoms with van der Waals surface area (Å²) in [6, 6.07) is 6.76. The number of nitrogens with two attached hydrogens (primary N) is 1. The topological polar surface area (TPSA) is 26.0 Å². The van der Waals surface area contributed by atoms with Crippen molar-refractivity contribution >= 4 is 35.0 Å². The number of halogens is 4. The van der Waals surface area contributed by atoms with Gasteiger partial charge in [0.15, 0.2) is 0 Å². The van der Waals surface area contributed by atoms with Crippen LogP contribution in [-0.2, 0) is 0 Å². The molecule has 80 valence electrons. The van der Waals surface area contributed by atoms with E-state index in [1.54, 1.807) is 6.07 Å². The fourth-order valence-corrected chi connectivity index (χ4v) is 1.88. The molecule has 0 radical (unpaired) electrons. The smallest absolute Gasteiger partial charge is 0.240 e. The number of benzene rings is 1. The summed E-state index contributed by atoms with van der Waals surface area (Å²) < 4.78 is 25.0. The number of rotatable bonds is 3. The van der Waals surface area contributed by atoms with E-state index in [1.165, 1.54) is 0 Å². The van der Waals surface area contributed by atoms with Crippen molar-refractivity contribution in [3.8, 4) is 0 Å². The molecule has 14 heavy (non-hydrogen) atoms. The zero-order valence-electron chi connectivity index (χ0n) is 7.29. The van der Waals surface area contributed by atoms with Gasteiger partial charge < -0.3 is 5.73 Å². The summed E-state index contributed by atoms with van der Waals surface area (Å²) in [6.45, 7) is 0. The Kier molecular flexibility index (Phi) is 6.55. The Labute approximate surface area is 102 Å². The Morgan fingerprint density at radius 3 is 2.36 bits per heavy atom. The molecule has 1 nitrogen and oxygen atoms in total. The fraction of sp³-hybridized carbons (Fsp3) is 0.333. The van der Waals surface area contributed by atoms with Gasteiger partial charge in [-0.3, -0.25) is 0 Å². The zero-order chi connectivity index (χ0) is 9.84. The Bertz CT molecular complexity index is 283. The summed E-state index contributed by atoms with van der Waals surface area (Å²) in [6.07, 6.45) is -2.62. The van der Waals surface area contributed by atoms with Crippen molar-refractivity contribution in [3.63, 3.8) is 0 Å². The van der Waals surface area contributed by atoms with Crippen molar-refractivity contribution in [1.29, 1.82) is 0 Å². The number of alkyl halides is 2. The second-order valence-corrected chi connectivity index (χ2v) is 3.92. The van der Waals surface area contributed by atoms with Crippen molar-refractivity contribution in [2.24, 2.45) is 5.73 Å². The maximum Gasteiger partial charge on any atom is 0.240 e. The SMILES string of the molecule is Cl.N[C@@H](CC(F)F)c1ccccc1I. The highest BCUT2D eigenvalue weighted by atomic mass is 127. The Morgan fingerprint density at radius 2 is 1.86 bits per heavy atom. The van der Waals surface area contributed by atoms with E-state index in [1.807, 2.05) is 18.2 Å². The minimum atomic E-state index is -2.34. The van der Waals surface area contributed by atoms with Gasteiger partial charge in [0, 0.05) is 16.0 Å². The van der Waals surface area contributed by atoms with Gasteiger partial charge >= 0.3 is 0 Å². The van der Waals surface area contributed by atoms with Gasteiger partial charge in [-0.15, -0.1) is 12.4 Å². The van der Waals surface area contributed by atoms with Crippen LogP contribution in [0.1, 0.15) is 18.0 Å². The summed E-state index contributed by atoms with van der Waals surface area (Å²) >= 11 is 2.10. The average Bonchev–Trinajstić information content (AvgIpc) is 2.03. The minimum Gasteiger partial charge on any atom is -0.324 e. The van der Waals surface area contributed by atoms with Crippen molar-refractivity contribution in [2.45, 2.75) is 18.9 Å². The molecule has 0 unspecified atom stereocenters. The number of hydrogen-bond acceptors (Lipinski definition) is 1. The summed E-state index contributed by atoms with van der Waals surface area (Å²) in [7, 11) is 0. The lowest BCUT2D eigenvalue weighted by atomic mass is 10.1. The molecule has 0 saturated carbocycles. The lowest BCUT2D eigenvalue weighted by Crippen LogP contribution is -2.15. The predicted molar refractivity (Wildman–Crippen MR) is 64.0 cm³/mol. The van der Waals surface area contributed by atoms with Crippen LogP contribution in [0.15, 0.2) is 24.3 Å². The second kappa shape index (κ2) is 6.53.